The summed E-state index contributed by atoms with van der Waals surface area (Å²) in [5.41, 5.74) is 3.82. The highest BCUT2D eigenvalue weighted by Crippen LogP contribution is 2.34. The zero-order chi connectivity index (χ0) is 14.0. The Bertz CT molecular complexity index is 586. The number of thiophene rings is 1. The summed E-state index contributed by atoms with van der Waals surface area (Å²) in [6.07, 6.45) is 0.236. The molecule has 6 heteroatoms. The minimum absolute atomic E-state index is 0.236. The summed E-state index contributed by atoms with van der Waals surface area (Å²) in [4.78, 5) is 0.824. The van der Waals surface area contributed by atoms with Gasteiger partial charge in [-0.15, -0.1) is 11.3 Å². The maximum Gasteiger partial charge on any atom is 0.126 e. The molecule has 102 valence electrons. The molecule has 19 heavy (non-hydrogen) atoms. The van der Waals surface area contributed by atoms with Crippen LogP contribution in [-0.4, -0.2) is 0 Å². The van der Waals surface area contributed by atoms with Crippen LogP contribution in [0, 0.1) is 18.6 Å². The van der Waals surface area contributed by atoms with Crippen LogP contribution in [0.2, 0.25) is 5.02 Å². The summed E-state index contributed by atoms with van der Waals surface area (Å²) >= 11 is 7.61. The Labute approximate surface area is 119 Å². The maximum atomic E-state index is 13.6. The van der Waals surface area contributed by atoms with Crippen molar-refractivity contribution < 1.29 is 8.78 Å². The van der Waals surface area contributed by atoms with Crippen LogP contribution in [0.15, 0.2) is 23.6 Å². The molecule has 0 bridgehead atoms. The highest BCUT2D eigenvalue weighted by Gasteiger charge is 2.19. The second kappa shape index (κ2) is 5.96. The third kappa shape index (κ3) is 3.12. The molecule has 2 nitrogen and oxygen atoms in total. The predicted molar refractivity (Wildman–Crippen MR) is 74.2 cm³/mol. The molecule has 1 atom stereocenters. The minimum atomic E-state index is -0.472. The molecule has 0 saturated heterocycles. The van der Waals surface area contributed by atoms with Gasteiger partial charge in [0.2, 0.25) is 0 Å². The van der Waals surface area contributed by atoms with Crippen molar-refractivity contribution in [3.8, 4) is 0 Å². The summed E-state index contributed by atoms with van der Waals surface area (Å²) in [5, 5.41) is 2.52. The topological polar surface area (TPSA) is 38.0 Å². The zero-order valence-corrected chi connectivity index (χ0v) is 11.8. The summed E-state index contributed by atoms with van der Waals surface area (Å²) in [5.74, 6) is 4.58. The van der Waals surface area contributed by atoms with E-state index in [0.717, 1.165) is 22.6 Å². The lowest BCUT2D eigenvalue weighted by Crippen LogP contribution is -2.29. The van der Waals surface area contributed by atoms with Crippen LogP contribution in [0.5, 0.6) is 0 Å². The minimum Gasteiger partial charge on any atom is -0.271 e. The fourth-order valence-corrected chi connectivity index (χ4v) is 3.22. The molecule has 0 spiro atoms. The van der Waals surface area contributed by atoms with Crippen LogP contribution in [0.1, 0.15) is 22.0 Å². The lowest BCUT2D eigenvalue weighted by Gasteiger charge is -2.15. The predicted octanol–water partition coefficient (Wildman–Crippen LogP) is 3.74. The number of hydrogen-bond acceptors (Lipinski definition) is 3. The van der Waals surface area contributed by atoms with Crippen molar-refractivity contribution >= 4 is 22.9 Å². The normalized spacial score (nSPS) is 12.7. The quantitative estimate of drug-likeness (QED) is 0.667. The van der Waals surface area contributed by atoms with Crippen LogP contribution in [-0.2, 0) is 6.42 Å². The Balaban J connectivity index is 2.29. The molecule has 3 N–H and O–H groups in total. The van der Waals surface area contributed by atoms with E-state index in [1.54, 1.807) is 0 Å². The number of nitrogens with two attached hydrogens (primary N) is 1. The molecule has 0 radical (unpaired) electrons. The lowest BCUT2D eigenvalue weighted by molar-refractivity contribution is 0.528. The molecule has 1 aromatic heterocycles. The van der Waals surface area contributed by atoms with Crippen molar-refractivity contribution in [1.82, 2.24) is 5.43 Å². The van der Waals surface area contributed by atoms with Gasteiger partial charge in [-0.2, -0.15) is 0 Å². The second-order valence-electron chi connectivity index (χ2n) is 4.26. The average Bonchev–Trinajstić information content (AvgIpc) is 2.71. The molecule has 0 saturated carbocycles. The molecule has 2 aromatic rings. The van der Waals surface area contributed by atoms with Crippen molar-refractivity contribution in [3.63, 3.8) is 0 Å². The van der Waals surface area contributed by atoms with Crippen LogP contribution < -0.4 is 11.3 Å². The molecule has 1 heterocycles. The molecule has 0 aliphatic carbocycles. The van der Waals surface area contributed by atoms with Crippen molar-refractivity contribution in [2.45, 2.75) is 19.4 Å². The molecule has 0 amide bonds. The van der Waals surface area contributed by atoms with Gasteiger partial charge in [-0.25, -0.2) is 8.78 Å². The summed E-state index contributed by atoms with van der Waals surface area (Å²) in [6, 6.07) is 3.03. The Morgan fingerprint density at radius 3 is 2.74 bits per heavy atom. The number of benzene rings is 1. The Hall–Kier alpha value is -1.01. The lowest BCUT2D eigenvalue weighted by atomic mass is 10.0. The van der Waals surface area contributed by atoms with Crippen LogP contribution >= 0.6 is 22.9 Å². The van der Waals surface area contributed by atoms with Gasteiger partial charge in [0.15, 0.2) is 0 Å². The van der Waals surface area contributed by atoms with Gasteiger partial charge in [0.25, 0.3) is 0 Å². The van der Waals surface area contributed by atoms with Gasteiger partial charge in [-0.1, -0.05) is 11.6 Å². The SMILES string of the molecule is Cc1csc(C(Cc2cc(F)ccc2F)NN)c1Cl. The number of rotatable bonds is 4. The van der Waals surface area contributed by atoms with E-state index in [0.29, 0.717) is 5.02 Å². The fourth-order valence-electron chi connectivity index (χ4n) is 1.83. The fraction of sp³-hybridized carbons (Fsp3) is 0.231. The highest BCUT2D eigenvalue weighted by atomic mass is 35.5. The van der Waals surface area contributed by atoms with Gasteiger partial charge in [0.1, 0.15) is 11.6 Å². The molecular weight excluding hydrogens is 290 g/mol. The smallest absolute Gasteiger partial charge is 0.126 e. The number of halogens is 3. The van der Waals surface area contributed by atoms with Gasteiger partial charge < -0.3 is 0 Å². The van der Waals surface area contributed by atoms with Crippen molar-refractivity contribution in [2.24, 2.45) is 5.84 Å². The molecular formula is C13H13ClF2N2S. The van der Waals surface area contributed by atoms with E-state index in [-0.39, 0.29) is 18.0 Å². The Morgan fingerprint density at radius 2 is 2.16 bits per heavy atom. The van der Waals surface area contributed by atoms with E-state index in [4.69, 9.17) is 17.4 Å². The van der Waals surface area contributed by atoms with E-state index in [9.17, 15) is 8.78 Å². The van der Waals surface area contributed by atoms with Crippen molar-refractivity contribution in [2.75, 3.05) is 0 Å². The number of aryl methyl sites for hydroxylation is 1. The van der Waals surface area contributed by atoms with Gasteiger partial charge in [-0.3, -0.25) is 11.3 Å². The van der Waals surface area contributed by atoms with E-state index in [2.05, 4.69) is 5.43 Å². The Kier molecular flexibility index (Phi) is 4.52. The third-order valence-corrected chi connectivity index (χ3v) is 4.70. The summed E-state index contributed by atoms with van der Waals surface area (Å²) < 4.78 is 26.8. The van der Waals surface area contributed by atoms with Crippen LogP contribution in [0.3, 0.4) is 0 Å². The van der Waals surface area contributed by atoms with Crippen LogP contribution in [0.4, 0.5) is 8.78 Å². The van der Waals surface area contributed by atoms with E-state index >= 15 is 0 Å². The van der Waals surface area contributed by atoms with Crippen LogP contribution in [0.25, 0.3) is 0 Å². The first-order chi connectivity index (χ1) is 9.02. The third-order valence-electron chi connectivity index (χ3n) is 2.87. The monoisotopic (exact) mass is 302 g/mol. The first kappa shape index (κ1) is 14.4. The molecule has 0 fully saturated rings. The van der Waals surface area contributed by atoms with Gasteiger partial charge in [-0.05, 0) is 48.1 Å². The molecule has 2 rings (SSSR count). The molecule has 1 unspecified atom stereocenters. The number of nitrogens with one attached hydrogen (secondary N) is 1. The molecule has 1 aromatic carbocycles. The van der Waals surface area contributed by atoms with Crippen molar-refractivity contribution in [3.05, 3.63) is 56.2 Å². The molecule has 0 aliphatic rings. The second-order valence-corrected chi connectivity index (χ2v) is 5.55. The van der Waals surface area contributed by atoms with Crippen molar-refractivity contribution in [1.29, 1.82) is 0 Å². The first-order valence-corrected chi connectivity index (χ1v) is 6.92. The van der Waals surface area contributed by atoms with E-state index < -0.39 is 11.6 Å². The summed E-state index contributed by atoms with van der Waals surface area (Å²) in [7, 11) is 0. The van der Waals surface area contributed by atoms with E-state index in [1.807, 2.05) is 12.3 Å². The maximum absolute atomic E-state index is 13.6. The van der Waals surface area contributed by atoms with E-state index in [1.165, 1.54) is 17.4 Å². The zero-order valence-electron chi connectivity index (χ0n) is 10.2. The van der Waals surface area contributed by atoms with Gasteiger partial charge in [0.05, 0.1) is 11.1 Å². The Morgan fingerprint density at radius 1 is 1.42 bits per heavy atom. The number of hydrazine groups is 1. The van der Waals surface area contributed by atoms with Gasteiger partial charge in [0, 0.05) is 4.88 Å². The largest absolute Gasteiger partial charge is 0.271 e. The van der Waals surface area contributed by atoms with Gasteiger partial charge >= 0.3 is 0 Å². The summed E-state index contributed by atoms with van der Waals surface area (Å²) in [6.45, 7) is 1.89. The molecule has 0 aliphatic heterocycles. The first-order valence-electron chi connectivity index (χ1n) is 5.66. The average molecular weight is 303 g/mol. The standard InChI is InChI=1S/C13H13ClF2N2S/c1-7-6-19-13(12(7)14)11(18-17)5-8-4-9(15)2-3-10(8)16/h2-4,6,11,18H,5,17H2,1H3. The highest BCUT2D eigenvalue weighted by molar-refractivity contribution is 7.10. The number of hydrogen-bond donors (Lipinski definition) is 2.